The predicted molar refractivity (Wildman–Crippen MR) is 75.3 cm³/mol. The van der Waals surface area contributed by atoms with Gasteiger partial charge in [-0.15, -0.1) is 0 Å². The molecule has 1 atom stereocenters. The molecular formula is C13H24N4O2. The summed E-state index contributed by atoms with van der Waals surface area (Å²) in [7, 11) is 3.69. The zero-order valence-corrected chi connectivity index (χ0v) is 12.3. The second kappa shape index (κ2) is 7.23. The highest BCUT2D eigenvalue weighted by Gasteiger charge is 2.27. The highest BCUT2D eigenvalue weighted by atomic mass is 16.6. The van der Waals surface area contributed by atoms with Crippen LogP contribution in [0.4, 0.5) is 5.69 Å². The smallest absolute Gasteiger partial charge is 0.313 e. The Balaban J connectivity index is 3.07. The predicted octanol–water partition coefficient (Wildman–Crippen LogP) is 2.21. The van der Waals surface area contributed by atoms with Crippen molar-refractivity contribution >= 4 is 5.69 Å². The van der Waals surface area contributed by atoms with Crippen LogP contribution < -0.4 is 5.32 Å². The summed E-state index contributed by atoms with van der Waals surface area (Å²) >= 11 is 0. The third-order valence-corrected chi connectivity index (χ3v) is 3.36. The van der Waals surface area contributed by atoms with Crippen LogP contribution in [0.2, 0.25) is 0 Å². The zero-order chi connectivity index (χ0) is 14.4. The van der Waals surface area contributed by atoms with Crippen molar-refractivity contribution in [1.29, 1.82) is 0 Å². The Bertz CT molecular complexity index is 429. The maximum Gasteiger partial charge on any atom is 0.313 e. The molecule has 0 bridgehead atoms. The fourth-order valence-corrected chi connectivity index (χ4v) is 2.38. The van der Waals surface area contributed by atoms with Gasteiger partial charge in [-0.25, -0.2) is 0 Å². The van der Waals surface area contributed by atoms with Gasteiger partial charge >= 0.3 is 5.69 Å². The van der Waals surface area contributed by atoms with Gasteiger partial charge in [0.1, 0.15) is 11.4 Å². The Morgan fingerprint density at radius 1 is 1.42 bits per heavy atom. The average Bonchev–Trinajstić information content (AvgIpc) is 2.65. The van der Waals surface area contributed by atoms with E-state index in [1.807, 2.05) is 14.0 Å². The van der Waals surface area contributed by atoms with Crippen LogP contribution in [0.1, 0.15) is 44.5 Å². The van der Waals surface area contributed by atoms with Crippen molar-refractivity contribution in [3.05, 3.63) is 21.5 Å². The largest absolute Gasteiger partial charge is 0.317 e. The second-order valence-electron chi connectivity index (χ2n) is 4.85. The maximum absolute atomic E-state index is 11.3. The van der Waals surface area contributed by atoms with Crippen LogP contribution in [0.3, 0.4) is 0 Å². The Labute approximate surface area is 114 Å². The van der Waals surface area contributed by atoms with E-state index in [1.165, 1.54) is 0 Å². The van der Waals surface area contributed by atoms with Crippen LogP contribution in [0.5, 0.6) is 0 Å². The molecule has 19 heavy (non-hydrogen) atoms. The number of nitrogens with one attached hydrogen (secondary N) is 1. The van der Waals surface area contributed by atoms with Gasteiger partial charge in [0, 0.05) is 19.5 Å². The molecule has 0 saturated carbocycles. The Kier molecular flexibility index (Phi) is 5.95. The molecule has 0 spiro atoms. The third kappa shape index (κ3) is 3.76. The summed E-state index contributed by atoms with van der Waals surface area (Å²) < 4.78 is 1.67. The molecule has 6 nitrogen and oxygen atoms in total. The Hall–Kier alpha value is -1.43. The number of hydrogen-bond acceptors (Lipinski definition) is 4. The topological polar surface area (TPSA) is 73.0 Å². The lowest BCUT2D eigenvalue weighted by molar-refractivity contribution is -0.386. The van der Waals surface area contributed by atoms with Crippen molar-refractivity contribution in [2.45, 2.75) is 52.0 Å². The van der Waals surface area contributed by atoms with Crippen molar-refractivity contribution < 1.29 is 4.92 Å². The molecule has 1 aromatic heterocycles. The van der Waals surface area contributed by atoms with E-state index < -0.39 is 0 Å². The molecular weight excluding hydrogens is 244 g/mol. The lowest BCUT2D eigenvalue weighted by Gasteiger charge is -2.14. The summed E-state index contributed by atoms with van der Waals surface area (Å²) in [6, 6.07) is 0.258. The number of aromatic nitrogens is 2. The fraction of sp³-hybridized carbons (Fsp3) is 0.769. The van der Waals surface area contributed by atoms with E-state index in [0.717, 1.165) is 25.0 Å². The molecule has 108 valence electrons. The van der Waals surface area contributed by atoms with Gasteiger partial charge in [0.25, 0.3) is 0 Å². The van der Waals surface area contributed by atoms with Crippen LogP contribution in [0.15, 0.2) is 0 Å². The van der Waals surface area contributed by atoms with Crippen molar-refractivity contribution in [2.75, 3.05) is 7.05 Å². The first kappa shape index (κ1) is 15.6. The summed E-state index contributed by atoms with van der Waals surface area (Å²) in [5.74, 6) is 0. The SMILES string of the molecule is CCCc1nn(C)c(CC(CCC)NC)c1[N+](=O)[O-]. The number of nitro groups is 1. The molecule has 0 amide bonds. The number of rotatable bonds is 8. The normalized spacial score (nSPS) is 12.6. The summed E-state index contributed by atoms with van der Waals surface area (Å²) in [5.41, 5.74) is 1.54. The monoisotopic (exact) mass is 268 g/mol. The van der Waals surface area contributed by atoms with Gasteiger partial charge in [-0.1, -0.05) is 26.7 Å². The standard InChI is InChI=1S/C13H24N4O2/c1-5-7-10(14-3)9-12-13(17(18)19)11(8-6-2)15-16(12)4/h10,14H,5-9H2,1-4H3. The first-order valence-electron chi connectivity index (χ1n) is 6.91. The number of likely N-dealkylation sites (N-methyl/N-ethyl adjacent to an activating group) is 1. The summed E-state index contributed by atoms with van der Waals surface area (Å²) in [5, 5.41) is 18.8. The highest BCUT2D eigenvalue weighted by Crippen LogP contribution is 2.26. The van der Waals surface area contributed by atoms with E-state index in [0.29, 0.717) is 18.5 Å². The summed E-state index contributed by atoms with van der Waals surface area (Å²) in [6.07, 6.45) is 4.22. The minimum atomic E-state index is -0.286. The molecule has 1 N–H and O–H groups in total. The lowest BCUT2D eigenvalue weighted by Crippen LogP contribution is -2.28. The molecule has 1 rings (SSSR count). The molecule has 0 aliphatic rings. The van der Waals surface area contributed by atoms with Crippen LogP contribution in [0.25, 0.3) is 0 Å². The van der Waals surface area contributed by atoms with E-state index in [2.05, 4.69) is 17.3 Å². The average molecular weight is 268 g/mol. The molecule has 1 unspecified atom stereocenters. The van der Waals surface area contributed by atoms with Crippen LogP contribution in [0, 0.1) is 10.1 Å². The van der Waals surface area contributed by atoms with Crippen molar-refractivity contribution in [3.63, 3.8) is 0 Å². The van der Waals surface area contributed by atoms with E-state index in [4.69, 9.17) is 0 Å². The second-order valence-corrected chi connectivity index (χ2v) is 4.85. The lowest BCUT2D eigenvalue weighted by atomic mass is 10.0. The van der Waals surface area contributed by atoms with Gasteiger partial charge < -0.3 is 5.32 Å². The Morgan fingerprint density at radius 3 is 2.58 bits per heavy atom. The summed E-state index contributed by atoms with van der Waals surface area (Å²) in [6.45, 7) is 4.12. The first-order chi connectivity index (χ1) is 9.04. The minimum Gasteiger partial charge on any atom is -0.317 e. The van der Waals surface area contributed by atoms with Crippen LogP contribution in [-0.2, 0) is 19.9 Å². The first-order valence-corrected chi connectivity index (χ1v) is 6.91. The molecule has 0 aliphatic carbocycles. The molecule has 0 radical (unpaired) electrons. The fourth-order valence-electron chi connectivity index (χ4n) is 2.38. The number of nitrogens with zero attached hydrogens (tertiary/aromatic N) is 3. The van der Waals surface area contributed by atoms with E-state index in [9.17, 15) is 10.1 Å². The van der Waals surface area contributed by atoms with Gasteiger partial charge in [-0.3, -0.25) is 14.8 Å². The molecule has 0 aliphatic heterocycles. The van der Waals surface area contributed by atoms with Gasteiger partial charge in [0.05, 0.1) is 4.92 Å². The van der Waals surface area contributed by atoms with Gasteiger partial charge in [-0.2, -0.15) is 5.10 Å². The quantitative estimate of drug-likeness (QED) is 0.579. The van der Waals surface area contributed by atoms with Crippen molar-refractivity contribution in [3.8, 4) is 0 Å². The third-order valence-electron chi connectivity index (χ3n) is 3.36. The number of aryl methyl sites for hydroxylation is 2. The minimum absolute atomic E-state index is 0.209. The number of hydrogen-bond donors (Lipinski definition) is 1. The van der Waals surface area contributed by atoms with Crippen LogP contribution in [-0.4, -0.2) is 27.8 Å². The molecule has 0 fully saturated rings. The summed E-state index contributed by atoms with van der Waals surface area (Å²) in [4.78, 5) is 11.0. The molecule has 6 heteroatoms. The van der Waals surface area contributed by atoms with Gasteiger partial charge in [-0.05, 0) is 19.9 Å². The Morgan fingerprint density at radius 2 is 2.11 bits per heavy atom. The van der Waals surface area contributed by atoms with E-state index in [1.54, 1.807) is 11.7 Å². The van der Waals surface area contributed by atoms with Crippen molar-refractivity contribution in [2.24, 2.45) is 7.05 Å². The van der Waals surface area contributed by atoms with Crippen molar-refractivity contribution in [1.82, 2.24) is 15.1 Å². The molecule has 1 heterocycles. The zero-order valence-electron chi connectivity index (χ0n) is 12.3. The van der Waals surface area contributed by atoms with E-state index in [-0.39, 0.29) is 16.7 Å². The van der Waals surface area contributed by atoms with Crippen LogP contribution >= 0.6 is 0 Å². The highest BCUT2D eigenvalue weighted by molar-refractivity contribution is 5.41. The van der Waals surface area contributed by atoms with E-state index >= 15 is 0 Å². The van der Waals surface area contributed by atoms with Gasteiger partial charge in [0.15, 0.2) is 0 Å². The molecule has 0 saturated heterocycles. The molecule has 0 aromatic carbocycles. The maximum atomic E-state index is 11.3. The van der Waals surface area contributed by atoms with Gasteiger partial charge in [0.2, 0.25) is 0 Å². The molecule has 1 aromatic rings.